The van der Waals surface area contributed by atoms with Crippen molar-refractivity contribution in [2.24, 2.45) is 5.92 Å². The van der Waals surface area contributed by atoms with Gasteiger partial charge in [-0.05, 0) is 37.5 Å². The quantitative estimate of drug-likeness (QED) is 0.435. The summed E-state index contributed by atoms with van der Waals surface area (Å²) in [7, 11) is 0. The minimum atomic E-state index is -1.21. The molecule has 136 valence electrons. The van der Waals surface area contributed by atoms with Gasteiger partial charge in [0, 0.05) is 10.6 Å². The Morgan fingerprint density at radius 2 is 1.80 bits per heavy atom. The first-order valence-corrected chi connectivity index (χ1v) is 8.45. The zero-order valence-corrected chi connectivity index (χ0v) is 15.8. The Balaban J connectivity index is 2.93. The zero-order valence-electron chi connectivity index (χ0n) is 15.0. The molecule has 0 aromatic heterocycles. The SMILES string of the molecule is C=C(C(=O)NC(C)(C(=O)CC(=O)OCC)C(C)C)c1ccc(Cl)cc1. The summed E-state index contributed by atoms with van der Waals surface area (Å²) in [5.74, 6) is -1.71. The third-order valence-electron chi connectivity index (χ3n) is 4.18. The summed E-state index contributed by atoms with van der Waals surface area (Å²) < 4.78 is 4.82. The fourth-order valence-corrected chi connectivity index (χ4v) is 2.28. The van der Waals surface area contributed by atoms with Gasteiger partial charge in [-0.15, -0.1) is 0 Å². The lowest BCUT2D eigenvalue weighted by molar-refractivity contribution is -0.147. The Morgan fingerprint density at radius 3 is 2.28 bits per heavy atom. The van der Waals surface area contributed by atoms with Gasteiger partial charge in [0.25, 0.3) is 5.91 Å². The van der Waals surface area contributed by atoms with Crippen molar-refractivity contribution in [3.8, 4) is 0 Å². The molecule has 1 aromatic carbocycles. The van der Waals surface area contributed by atoms with E-state index in [-0.39, 0.29) is 18.1 Å². The smallest absolute Gasteiger partial charge is 0.313 e. The first-order chi connectivity index (χ1) is 11.6. The van der Waals surface area contributed by atoms with Crippen LogP contribution in [-0.4, -0.2) is 29.8 Å². The van der Waals surface area contributed by atoms with Gasteiger partial charge in [0.1, 0.15) is 6.42 Å². The molecule has 1 amide bonds. The molecule has 0 aliphatic rings. The summed E-state index contributed by atoms with van der Waals surface area (Å²) in [6.07, 6.45) is -0.393. The van der Waals surface area contributed by atoms with E-state index in [1.807, 2.05) is 0 Å². The van der Waals surface area contributed by atoms with Crippen LogP contribution in [0.3, 0.4) is 0 Å². The highest BCUT2D eigenvalue weighted by molar-refractivity contribution is 6.30. The molecule has 0 radical (unpaired) electrons. The molecule has 5 nitrogen and oxygen atoms in total. The van der Waals surface area contributed by atoms with E-state index in [1.165, 1.54) is 0 Å². The summed E-state index contributed by atoms with van der Waals surface area (Å²) in [6.45, 7) is 10.9. The molecular weight excluding hydrogens is 342 g/mol. The number of esters is 1. The van der Waals surface area contributed by atoms with Crippen LogP contribution in [-0.2, 0) is 19.1 Å². The molecule has 0 bridgehead atoms. The normalized spacial score (nSPS) is 13.0. The Bertz CT molecular complexity index is 667. The van der Waals surface area contributed by atoms with Crippen LogP contribution in [0.5, 0.6) is 0 Å². The lowest BCUT2D eigenvalue weighted by atomic mass is 9.82. The van der Waals surface area contributed by atoms with E-state index in [1.54, 1.807) is 52.0 Å². The maximum atomic E-state index is 12.6. The molecule has 1 atom stereocenters. The van der Waals surface area contributed by atoms with E-state index in [4.69, 9.17) is 16.3 Å². The number of Topliss-reactive ketones (excluding diaryl/α,β-unsaturated/α-hetero) is 1. The van der Waals surface area contributed by atoms with E-state index in [0.717, 1.165) is 0 Å². The van der Waals surface area contributed by atoms with Gasteiger partial charge in [0.05, 0.1) is 12.1 Å². The molecule has 0 aliphatic carbocycles. The van der Waals surface area contributed by atoms with Gasteiger partial charge in [-0.25, -0.2) is 0 Å². The monoisotopic (exact) mass is 365 g/mol. The van der Waals surface area contributed by atoms with Gasteiger partial charge in [-0.2, -0.15) is 0 Å². The van der Waals surface area contributed by atoms with Gasteiger partial charge in [0.15, 0.2) is 5.78 Å². The number of benzene rings is 1. The van der Waals surface area contributed by atoms with Gasteiger partial charge >= 0.3 is 5.97 Å². The number of hydrogen-bond acceptors (Lipinski definition) is 4. The predicted octanol–water partition coefficient (Wildman–Crippen LogP) is 3.41. The van der Waals surface area contributed by atoms with Crippen LogP contribution in [0.2, 0.25) is 5.02 Å². The number of ketones is 1. The Kier molecular flexibility index (Phi) is 7.37. The molecule has 0 heterocycles. The number of hydrogen-bond donors (Lipinski definition) is 1. The number of ether oxygens (including phenoxy) is 1. The standard InChI is InChI=1S/C19H24ClNO4/c1-6-25-17(23)11-16(22)19(5,12(2)3)21-18(24)13(4)14-7-9-15(20)10-8-14/h7-10,12H,4,6,11H2,1-3,5H3,(H,21,24). The Morgan fingerprint density at radius 1 is 1.24 bits per heavy atom. The largest absolute Gasteiger partial charge is 0.466 e. The van der Waals surface area contributed by atoms with Crippen molar-refractivity contribution in [1.29, 1.82) is 0 Å². The highest BCUT2D eigenvalue weighted by Crippen LogP contribution is 2.23. The molecule has 1 rings (SSSR count). The fourth-order valence-electron chi connectivity index (χ4n) is 2.16. The molecule has 0 fully saturated rings. The van der Waals surface area contributed by atoms with Gasteiger partial charge in [-0.1, -0.05) is 44.2 Å². The van der Waals surface area contributed by atoms with E-state index in [2.05, 4.69) is 11.9 Å². The second-order valence-electron chi connectivity index (χ2n) is 6.20. The van der Waals surface area contributed by atoms with Gasteiger partial charge in [0.2, 0.25) is 0 Å². The molecule has 1 unspecified atom stereocenters. The van der Waals surface area contributed by atoms with Crippen LogP contribution in [0, 0.1) is 5.92 Å². The van der Waals surface area contributed by atoms with Crippen molar-refractivity contribution in [3.63, 3.8) is 0 Å². The third kappa shape index (κ3) is 5.43. The van der Waals surface area contributed by atoms with Crippen LogP contribution < -0.4 is 5.32 Å². The second kappa shape index (κ2) is 8.81. The summed E-state index contributed by atoms with van der Waals surface area (Å²) in [6, 6.07) is 6.67. The summed E-state index contributed by atoms with van der Waals surface area (Å²) in [5, 5.41) is 3.27. The topological polar surface area (TPSA) is 72.5 Å². The second-order valence-corrected chi connectivity index (χ2v) is 6.64. The van der Waals surface area contributed by atoms with Crippen LogP contribution in [0.25, 0.3) is 5.57 Å². The number of nitrogens with one attached hydrogen (secondary N) is 1. The van der Waals surface area contributed by atoms with Crippen molar-refractivity contribution >= 4 is 34.8 Å². The van der Waals surface area contributed by atoms with Crippen LogP contribution in [0.4, 0.5) is 0 Å². The number of halogens is 1. The molecule has 0 saturated carbocycles. The molecule has 0 aliphatic heterocycles. The molecular formula is C19H24ClNO4. The van der Waals surface area contributed by atoms with E-state index in [0.29, 0.717) is 10.6 Å². The number of amides is 1. The van der Waals surface area contributed by atoms with Crippen molar-refractivity contribution in [3.05, 3.63) is 41.4 Å². The van der Waals surface area contributed by atoms with Crippen molar-refractivity contribution in [1.82, 2.24) is 5.32 Å². The van der Waals surface area contributed by atoms with Crippen LogP contribution in [0.1, 0.15) is 39.7 Å². The highest BCUT2D eigenvalue weighted by atomic mass is 35.5. The zero-order chi connectivity index (χ0) is 19.2. The molecule has 1 aromatic rings. The first-order valence-electron chi connectivity index (χ1n) is 8.08. The van der Waals surface area contributed by atoms with E-state index >= 15 is 0 Å². The lowest BCUT2D eigenvalue weighted by Gasteiger charge is -2.33. The molecule has 0 spiro atoms. The molecule has 1 N–H and O–H groups in total. The molecule has 0 saturated heterocycles. The maximum absolute atomic E-state index is 12.6. The molecule has 25 heavy (non-hydrogen) atoms. The number of carbonyl (C=O) groups excluding carboxylic acids is 3. The highest BCUT2D eigenvalue weighted by Gasteiger charge is 2.39. The van der Waals surface area contributed by atoms with Gasteiger partial charge < -0.3 is 10.1 Å². The Labute approximate surface area is 153 Å². The first kappa shape index (κ1) is 20.9. The predicted molar refractivity (Wildman–Crippen MR) is 98.1 cm³/mol. The van der Waals surface area contributed by atoms with Gasteiger partial charge in [-0.3, -0.25) is 14.4 Å². The number of rotatable bonds is 8. The van der Waals surface area contributed by atoms with Crippen LogP contribution in [0.15, 0.2) is 30.8 Å². The third-order valence-corrected chi connectivity index (χ3v) is 4.44. The lowest BCUT2D eigenvalue weighted by Crippen LogP contribution is -2.56. The van der Waals surface area contributed by atoms with Crippen LogP contribution >= 0.6 is 11.6 Å². The average Bonchev–Trinajstić information content (AvgIpc) is 2.54. The summed E-state index contributed by atoms with van der Waals surface area (Å²) in [5.41, 5.74) is -0.391. The van der Waals surface area contributed by atoms with Crippen molar-refractivity contribution in [2.45, 2.75) is 39.7 Å². The van der Waals surface area contributed by atoms with E-state index in [9.17, 15) is 14.4 Å². The summed E-state index contributed by atoms with van der Waals surface area (Å²) >= 11 is 5.84. The van der Waals surface area contributed by atoms with Crippen molar-refractivity contribution < 1.29 is 19.1 Å². The maximum Gasteiger partial charge on any atom is 0.313 e. The average molecular weight is 366 g/mol. The number of carbonyl (C=O) groups is 3. The molecule has 6 heteroatoms. The Hall–Kier alpha value is -2.14. The summed E-state index contributed by atoms with van der Waals surface area (Å²) in [4.78, 5) is 36.7. The fraction of sp³-hybridized carbons (Fsp3) is 0.421. The van der Waals surface area contributed by atoms with Crippen molar-refractivity contribution in [2.75, 3.05) is 6.61 Å². The van der Waals surface area contributed by atoms with E-state index < -0.39 is 29.6 Å². The minimum absolute atomic E-state index is 0.199. The minimum Gasteiger partial charge on any atom is -0.466 e.